The highest BCUT2D eigenvalue weighted by Crippen LogP contribution is 2.28. The van der Waals surface area contributed by atoms with Crippen LogP contribution in [0.3, 0.4) is 0 Å². The number of nitrogens with two attached hydrogens (primary N) is 1. The molecule has 2 aliphatic heterocycles. The second-order valence-corrected chi connectivity index (χ2v) is 10.2. The Morgan fingerprint density at radius 3 is 2.67 bits per heavy atom. The average molecular weight is 573 g/mol. The molecule has 0 bridgehead atoms. The standard InChI is InChI=1S/C13H11N5OS.C13H9N3O3S/c1-15-11-8-4-7(2-3-9(8)16-6-17-11)5-10-12(19)18-13(14)20-10;1-19-12-8-4-7(2-3-9(8)14-6-15-12)5-10-11(17)16-13(18)20-10/h2-6,19H,1H3,(H2,14,18);2-6H,1H3,(H,16,17,18). The number of amides is 2. The van der Waals surface area contributed by atoms with E-state index < -0.39 is 0 Å². The number of aliphatic imine (C=N–C) groups is 2. The Hall–Kier alpha value is -4.95. The first-order chi connectivity index (χ1) is 19.3. The second-order valence-electron chi connectivity index (χ2n) is 8.09. The first-order valence-electron chi connectivity index (χ1n) is 11.5. The van der Waals surface area contributed by atoms with Crippen LogP contribution < -0.4 is 26.4 Å². The molecule has 0 saturated carbocycles. The number of carbonyl (C=O) groups excluding carboxylic acids is 2. The van der Waals surface area contributed by atoms with Gasteiger partial charge in [-0.3, -0.25) is 19.9 Å². The zero-order chi connectivity index (χ0) is 28.2. The number of methoxy groups -OCH3 is 1. The lowest BCUT2D eigenvalue weighted by molar-refractivity contribution is -0.115. The van der Waals surface area contributed by atoms with Crippen molar-refractivity contribution >= 4 is 74.6 Å². The number of imide groups is 1. The molecule has 14 heteroatoms. The van der Waals surface area contributed by atoms with Gasteiger partial charge in [-0.15, -0.1) is 0 Å². The molecule has 12 nitrogen and oxygen atoms in total. The number of anilines is 1. The minimum absolute atomic E-state index is 0.0580. The third-order valence-corrected chi connectivity index (χ3v) is 7.19. The number of fused-ring (bicyclic) bond motifs is 2. The lowest BCUT2D eigenvalue weighted by atomic mass is 10.1. The molecule has 1 fully saturated rings. The molecule has 0 radical (unpaired) electrons. The number of hydrogen-bond acceptors (Lipinski definition) is 12. The van der Waals surface area contributed by atoms with Gasteiger partial charge in [-0.05, 0) is 59.0 Å². The zero-order valence-corrected chi connectivity index (χ0v) is 22.7. The number of carbonyl (C=O) groups is 2. The molecular weight excluding hydrogens is 552 g/mol. The van der Waals surface area contributed by atoms with E-state index in [4.69, 9.17) is 10.5 Å². The molecule has 6 rings (SSSR count). The maximum Gasteiger partial charge on any atom is 0.290 e. The second kappa shape index (κ2) is 11.4. The smallest absolute Gasteiger partial charge is 0.290 e. The molecular formula is C26H20N8O4S2. The number of aromatic hydroxyl groups is 1. The summed E-state index contributed by atoms with van der Waals surface area (Å²) in [4.78, 5) is 48.0. The van der Waals surface area contributed by atoms with E-state index in [1.807, 2.05) is 42.5 Å². The Morgan fingerprint density at radius 1 is 1.12 bits per heavy atom. The molecule has 40 heavy (non-hydrogen) atoms. The van der Waals surface area contributed by atoms with Crippen LogP contribution in [0.5, 0.6) is 11.8 Å². The van der Waals surface area contributed by atoms with Crippen LogP contribution in [0, 0.1) is 0 Å². The van der Waals surface area contributed by atoms with Crippen LogP contribution >= 0.6 is 23.1 Å². The molecule has 0 aliphatic carbocycles. The van der Waals surface area contributed by atoms with Crippen molar-refractivity contribution in [3.63, 3.8) is 0 Å². The van der Waals surface area contributed by atoms with Gasteiger partial charge in [-0.25, -0.2) is 20.0 Å². The summed E-state index contributed by atoms with van der Waals surface area (Å²) in [7, 11) is 3.22. The number of thioether (sulfide) groups is 1. The third-order valence-electron chi connectivity index (χ3n) is 5.55. The van der Waals surface area contributed by atoms with Gasteiger partial charge in [0.05, 0.1) is 33.2 Å². The Bertz CT molecular complexity index is 1880. The first-order valence-corrected chi connectivity index (χ1v) is 13.2. The molecule has 4 heterocycles. The fourth-order valence-corrected chi connectivity index (χ4v) is 5.16. The normalized spacial score (nSPS) is 16.5. The Morgan fingerprint density at radius 2 is 1.98 bits per heavy atom. The van der Waals surface area contributed by atoms with Gasteiger partial charge in [0, 0.05) is 12.6 Å². The van der Waals surface area contributed by atoms with Crippen LogP contribution in [0.2, 0.25) is 0 Å². The lowest BCUT2D eigenvalue weighted by Crippen LogP contribution is -2.22. The lowest BCUT2D eigenvalue weighted by Gasteiger charge is -2.04. The fraction of sp³-hybridized carbons (Fsp3) is 0.0769. The Kier molecular flexibility index (Phi) is 7.61. The van der Waals surface area contributed by atoms with Gasteiger partial charge in [0.1, 0.15) is 12.7 Å². The number of nitrogens with zero attached hydrogens (tertiary/aromatic N) is 6. The van der Waals surface area contributed by atoms with Gasteiger partial charge >= 0.3 is 0 Å². The monoisotopic (exact) mass is 572 g/mol. The molecule has 2 amide bonds. The summed E-state index contributed by atoms with van der Waals surface area (Å²) in [5, 5.41) is 14.3. The Balaban J connectivity index is 0.000000161. The molecule has 200 valence electrons. The number of amidine groups is 1. The van der Waals surface area contributed by atoms with E-state index in [1.165, 1.54) is 31.1 Å². The van der Waals surface area contributed by atoms with E-state index in [0.29, 0.717) is 26.6 Å². The van der Waals surface area contributed by atoms with E-state index in [0.717, 1.165) is 44.4 Å². The number of rotatable bonds is 3. The summed E-state index contributed by atoms with van der Waals surface area (Å²) in [5.74, 6) is 0.668. The molecule has 0 atom stereocenters. The third kappa shape index (κ3) is 5.72. The van der Waals surface area contributed by atoms with Gasteiger partial charge in [0.15, 0.2) is 11.0 Å². The number of nitrogen functional groups attached to an aromatic ring is 1. The highest BCUT2D eigenvalue weighted by molar-refractivity contribution is 8.18. The van der Waals surface area contributed by atoms with Crippen molar-refractivity contribution in [2.24, 2.45) is 15.0 Å². The quantitative estimate of drug-likeness (QED) is 0.311. The van der Waals surface area contributed by atoms with E-state index in [1.54, 1.807) is 13.1 Å². The summed E-state index contributed by atoms with van der Waals surface area (Å²) in [6.45, 7) is 0. The van der Waals surface area contributed by atoms with Crippen LogP contribution in [0.15, 0.2) is 62.6 Å². The zero-order valence-electron chi connectivity index (χ0n) is 21.0. The summed E-state index contributed by atoms with van der Waals surface area (Å²) in [6.07, 6.45) is 6.38. The molecule has 4 aromatic rings. The number of ether oxygens (including phenoxy) is 1. The summed E-state index contributed by atoms with van der Waals surface area (Å²) >= 11 is 2.11. The van der Waals surface area contributed by atoms with Crippen LogP contribution in [0.25, 0.3) is 23.1 Å². The number of aromatic nitrogens is 3. The van der Waals surface area contributed by atoms with Crippen molar-refractivity contribution in [1.29, 1.82) is 0 Å². The molecule has 0 spiro atoms. The largest absolute Gasteiger partial charge is 0.492 e. The molecule has 2 aliphatic rings. The van der Waals surface area contributed by atoms with E-state index >= 15 is 0 Å². The molecule has 2 aromatic heterocycles. The van der Waals surface area contributed by atoms with Crippen LogP contribution in [0.4, 0.5) is 9.93 Å². The van der Waals surface area contributed by atoms with E-state index in [-0.39, 0.29) is 17.0 Å². The first kappa shape index (κ1) is 26.6. The molecule has 4 N–H and O–H groups in total. The van der Waals surface area contributed by atoms with Crippen molar-refractivity contribution < 1.29 is 19.4 Å². The number of thiazole rings is 1. The minimum atomic E-state index is -0.378. The predicted molar refractivity (Wildman–Crippen MR) is 155 cm³/mol. The topological polar surface area (TPSA) is 177 Å². The minimum Gasteiger partial charge on any atom is -0.492 e. The summed E-state index contributed by atoms with van der Waals surface area (Å²) in [5.41, 5.74) is 7.95. The van der Waals surface area contributed by atoms with E-state index in [2.05, 4.69) is 35.2 Å². The van der Waals surface area contributed by atoms with Crippen LogP contribution in [-0.4, -0.2) is 57.5 Å². The van der Waals surface area contributed by atoms with Crippen molar-refractivity contribution in [3.05, 3.63) is 74.2 Å². The van der Waals surface area contributed by atoms with Crippen molar-refractivity contribution in [2.45, 2.75) is 0 Å². The SMILES string of the molecule is CN=C1N=CN=c2ccc(=Cc3sc(N)nc3O)cc21.COc1ncnc2ccc(C=C3SC(=O)NC3=O)cc12. The number of nitrogens with one attached hydrogen (secondary N) is 1. The maximum atomic E-state index is 11.5. The van der Waals surface area contributed by atoms with Gasteiger partial charge in [-0.1, -0.05) is 23.5 Å². The highest BCUT2D eigenvalue weighted by atomic mass is 32.2. The van der Waals surface area contributed by atoms with Gasteiger partial charge in [-0.2, -0.15) is 4.98 Å². The van der Waals surface area contributed by atoms with Crippen molar-refractivity contribution in [1.82, 2.24) is 20.3 Å². The predicted octanol–water partition coefficient (Wildman–Crippen LogP) is 2.26. The summed E-state index contributed by atoms with van der Waals surface area (Å²) in [6, 6.07) is 11.2. The van der Waals surface area contributed by atoms with Gasteiger partial charge in [0.25, 0.3) is 11.1 Å². The molecule has 2 aromatic carbocycles. The summed E-state index contributed by atoms with van der Waals surface area (Å²) < 4.78 is 5.18. The van der Waals surface area contributed by atoms with E-state index in [9.17, 15) is 14.7 Å². The molecule has 1 saturated heterocycles. The molecule has 0 unspecified atom stereocenters. The van der Waals surface area contributed by atoms with Gasteiger partial charge in [0.2, 0.25) is 11.8 Å². The maximum absolute atomic E-state index is 11.5. The van der Waals surface area contributed by atoms with Crippen molar-refractivity contribution in [2.75, 3.05) is 19.9 Å². The van der Waals surface area contributed by atoms with Crippen LogP contribution in [0.1, 0.15) is 16.0 Å². The Labute approximate surface area is 234 Å². The number of benzene rings is 2. The number of hydrogen-bond donors (Lipinski definition) is 3. The van der Waals surface area contributed by atoms with Crippen LogP contribution in [-0.2, 0) is 4.79 Å². The van der Waals surface area contributed by atoms with Crippen molar-refractivity contribution in [3.8, 4) is 11.8 Å². The van der Waals surface area contributed by atoms with Gasteiger partial charge < -0.3 is 15.6 Å². The highest BCUT2D eigenvalue weighted by Gasteiger charge is 2.25. The average Bonchev–Trinajstić information content (AvgIpc) is 3.45. The fourth-order valence-electron chi connectivity index (χ4n) is 3.79.